The molecule has 1 aromatic heterocycles. The first-order valence-corrected chi connectivity index (χ1v) is 15.0. The van der Waals surface area contributed by atoms with Crippen LogP contribution in [0.4, 0.5) is 4.79 Å². The number of likely N-dealkylation sites (tertiary alicyclic amines) is 1. The molecule has 1 aliphatic rings. The third-order valence-corrected chi connectivity index (χ3v) is 7.54. The fourth-order valence-corrected chi connectivity index (χ4v) is 5.16. The molecule has 0 radical (unpaired) electrons. The molecule has 4 unspecified atom stereocenters. The van der Waals surface area contributed by atoms with Crippen LogP contribution in [0.1, 0.15) is 36.0 Å². The second-order valence-electron chi connectivity index (χ2n) is 10.9. The molecule has 242 valence electrons. The lowest BCUT2D eigenvalue weighted by Gasteiger charge is -2.31. The smallest absolute Gasteiger partial charge is 0.408 e. The van der Waals surface area contributed by atoms with E-state index in [0.717, 1.165) is 5.56 Å². The van der Waals surface area contributed by atoms with Crippen LogP contribution in [0.5, 0.6) is 0 Å². The summed E-state index contributed by atoms with van der Waals surface area (Å²) in [6.45, 7) is 0.417. The van der Waals surface area contributed by atoms with E-state index in [0.29, 0.717) is 24.0 Å². The summed E-state index contributed by atoms with van der Waals surface area (Å²) in [5.41, 5.74) is 7.62. The van der Waals surface area contributed by atoms with Crippen LogP contribution in [-0.2, 0) is 43.5 Å². The summed E-state index contributed by atoms with van der Waals surface area (Å²) in [7, 11) is 0. The lowest BCUT2D eigenvalue weighted by Crippen LogP contribution is -2.58. The lowest BCUT2D eigenvalue weighted by atomic mass is 9.99. The van der Waals surface area contributed by atoms with E-state index in [1.807, 2.05) is 6.07 Å². The first kappa shape index (κ1) is 33.6. The van der Waals surface area contributed by atoms with E-state index >= 15 is 0 Å². The molecule has 4 atom stereocenters. The largest absolute Gasteiger partial charge is 0.445 e. The number of ether oxygens (including phenoxy) is 1. The van der Waals surface area contributed by atoms with Crippen molar-refractivity contribution in [1.82, 2.24) is 25.8 Å². The third-order valence-electron chi connectivity index (χ3n) is 7.54. The summed E-state index contributed by atoms with van der Waals surface area (Å²) in [5.74, 6) is -2.81. The number of amides is 5. The molecule has 0 aliphatic carbocycles. The highest BCUT2D eigenvalue weighted by Crippen LogP contribution is 2.20. The van der Waals surface area contributed by atoms with Gasteiger partial charge < -0.3 is 36.4 Å². The fraction of sp³-hybridized carbons (Fsp3) is 0.333. The maximum atomic E-state index is 13.7. The van der Waals surface area contributed by atoms with E-state index in [1.165, 1.54) is 4.90 Å². The quantitative estimate of drug-likeness (QED) is 0.174. The van der Waals surface area contributed by atoms with Gasteiger partial charge in [-0.3, -0.25) is 24.2 Å². The molecule has 0 spiro atoms. The Morgan fingerprint density at radius 2 is 1.57 bits per heavy atom. The van der Waals surface area contributed by atoms with Crippen molar-refractivity contribution in [2.75, 3.05) is 6.54 Å². The van der Waals surface area contributed by atoms with Crippen molar-refractivity contribution in [3.63, 3.8) is 0 Å². The number of aliphatic hydroxyl groups excluding tert-OH is 1. The van der Waals surface area contributed by atoms with Gasteiger partial charge in [0.25, 0.3) is 5.91 Å². The van der Waals surface area contributed by atoms with Crippen LogP contribution < -0.4 is 21.7 Å². The summed E-state index contributed by atoms with van der Waals surface area (Å²) in [4.78, 5) is 69.8. The summed E-state index contributed by atoms with van der Waals surface area (Å²) in [6.07, 6.45) is 0.955. The molecular weight excluding hydrogens is 592 g/mol. The molecule has 0 bridgehead atoms. The minimum absolute atomic E-state index is 0.0357. The topological polar surface area (TPSA) is 193 Å². The minimum Gasteiger partial charge on any atom is -0.445 e. The van der Waals surface area contributed by atoms with Crippen LogP contribution in [0, 0.1) is 0 Å². The zero-order valence-electron chi connectivity index (χ0n) is 25.2. The fourth-order valence-electron chi connectivity index (χ4n) is 5.16. The number of rotatable bonds is 14. The predicted molar refractivity (Wildman–Crippen MR) is 166 cm³/mol. The number of nitrogens with one attached hydrogen (secondary N) is 3. The number of primary amides is 1. The Bertz CT molecular complexity index is 1480. The van der Waals surface area contributed by atoms with Crippen LogP contribution in [0.3, 0.4) is 0 Å². The van der Waals surface area contributed by atoms with Crippen molar-refractivity contribution in [2.45, 2.75) is 63.1 Å². The molecule has 1 aliphatic heterocycles. The highest BCUT2D eigenvalue weighted by atomic mass is 16.5. The maximum Gasteiger partial charge on any atom is 0.408 e. The zero-order chi connectivity index (χ0) is 32.9. The van der Waals surface area contributed by atoms with Crippen LogP contribution in [0.25, 0.3) is 0 Å². The summed E-state index contributed by atoms with van der Waals surface area (Å²) >= 11 is 0. The van der Waals surface area contributed by atoms with Gasteiger partial charge in [-0.25, -0.2) is 4.79 Å². The van der Waals surface area contributed by atoms with Crippen LogP contribution in [0.2, 0.25) is 0 Å². The van der Waals surface area contributed by atoms with Gasteiger partial charge >= 0.3 is 6.09 Å². The lowest BCUT2D eigenvalue weighted by molar-refractivity contribution is -0.147. The van der Waals surface area contributed by atoms with Gasteiger partial charge in [-0.05, 0) is 48.1 Å². The summed E-state index contributed by atoms with van der Waals surface area (Å²) in [5, 5.41) is 19.2. The molecule has 46 heavy (non-hydrogen) atoms. The number of alkyl carbamates (subject to hydrolysis) is 1. The molecule has 2 heterocycles. The Morgan fingerprint density at radius 3 is 2.22 bits per heavy atom. The molecule has 13 nitrogen and oxygen atoms in total. The summed E-state index contributed by atoms with van der Waals surface area (Å²) < 4.78 is 5.19. The first-order valence-electron chi connectivity index (χ1n) is 15.0. The van der Waals surface area contributed by atoms with Gasteiger partial charge in [-0.15, -0.1) is 0 Å². The van der Waals surface area contributed by atoms with Crippen molar-refractivity contribution in [1.29, 1.82) is 0 Å². The molecule has 1 saturated heterocycles. The molecule has 6 N–H and O–H groups in total. The third kappa shape index (κ3) is 9.86. The van der Waals surface area contributed by atoms with E-state index in [-0.39, 0.29) is 32.0 Å². The second kappa shape index (κ2) is 16.7. The van der Waals surface area contributed by atoms with Gasteiger partial charge in [0.05, 0.1) is 12.5 Å². The first-order chi connectivity index (χ1) is 22.2. The average molecular weight is 631 g/mol. The number of carbonyl (C=O) groups excluding carboxylic acids is 5. The van der Waals surface area contributed by atoms with Crippen molar-refractivity contribution in [3.8, 4) is 0 Å². The number of benzene rings is 2. The van der Waals surface area contributed by atoms with Crippen LogP contribution in [0.15, 0.2) is 85.2 Å². The Hall–Kier alpha value is -5.30. The van der Waals surface area contributed by atoms with Gasteiger partial charge in [-0.1, -0.05) is 60.7 Å². The molecule has 5 amide bonds. The van der Waals surface area contributed by atoms with E-state index in [2.05, 4.69) is 20.9 Å². The second-order valence-corrected chi connectivity index (χ2v) is 10.9. The zero-order valence-corrected chi connectivity index (χ0v) is 25.2. The van der Waals surface area contributed by atoms with Gasteiger partial charge in [-0.2, -0.15) is 0 Å². The Morgan fingerprint density at radius 1 is 0.913 bits per heavy atom. The van der Waals surface area contributed by atoms with E-state index in [9.17, 15) is 29.1 Å². The predicted octanol–water partition coefficient (Wildman–Crippen LogP) is 0.948. The molecule has 2 aromatic carbocycles. The highest BCUT2D eigenvalue weighted by Gasteiger charge is 2.40. The SMILES string of the molecule is NC(=O)CC(NC(=O)OCc1ccccc1)C(=O)NC(Cc1ccccc1)C(O)C(=O)N1CCCC1C(=O)NCc1ccncc1. The number of nitrogens with zero attached hydrogens (tertiary/aromatic N) is 2. The van der Waals surface area contributed by atoms with Crippen LogP contribution >= 0.6 is 0 Å². The normalized spacial score (nSPS) is 16.0. The number of hydrogen-bond acceptors (Lipinski definition) is 8. The van der Waals surface area contributed by atoms with Crippen molar-refractivity contribution in [2.24, 2.45) is 5.73 Å². The number of aliphatic hydroxyl groups is 1. The van der Waals surface area contributed by atoms with E-state index in [1.54, 1.807) is 79.1 Å². The molecule has 0 saturated carbocycles. The van der Waals surface area contributed by atoms with Gasteiger partial charge in [0.15, 0.2) is 6.10 Å². The highest BCUT2D eigenvalue weighted by molar-refractivity contribution is 5.93. The molecule has 13 heteroatoms. The van der Waals surface area contributed by atoms with E-state index < -0.39 is 54.5 Å². The number of hydrogen-bond donors (Lipinski definition) is 5. The number of aromatic nitrogens is 1. The Kier molecular flexibility index (Phi) is 12.2. The van der Waals surface area contributed by atoms with Crippen molar-refractivity contribution >= 4 is 29.7 Å². The average Bonchev–Trinajstić information content (AvgIpc) is 3.56. The van der Waals surface area contributed by atoms with Crippen molar-refractivity contribution in [3.05, 3.63) is 102 Å². The van der Waals surface area contributed by atoms with Crippen LogP contribution in [-0.4, -0.2) is 75.5 Å². The maximum absolute atomic E-state index is 13.7. The monoisotopic (exact) mass is 630 g/mol. The minimum atomic E-state index is -1.75. The standard InChI is InChI=1S/C33H38N6O7/c34-28(40)19-26(38-33(45)46-21-24-10-5-2-6-11-24)30(42)37-25(18-22-8-3-1-4-9-22)29(41)32(44)39-17-7-12-27(39)31(43)36-20-23-13-15-35-16-14-23/h1-6,8-11,13-16,25-27,29,41H,7,12,17-21H2,(H2,34,40)(H,36,43)(H,37,42)(H,38,45). The summed E-state index contributed by atoms with van der Waals surface area (Å²) in [6, 6.07) is 17.8. The molecule has 1 fully saturated rings. The van der Waals surface area contributed by atoms with Crippen molar-refractivity contribution < 1.29 is 33.8 Å². The number of nitrogens with two attached hydrogens (primary N) is 1. The van der Waals surface area contributed by atoms with E-state index in [4.69, 9.17) is 10.5 Å². The Labute approximate surface area is 266 Å². The number of carbonyl (C=O) groups is 5. The molecule has 4 rings (SSSR count). The molecular formula is C33H38N6O7. The van der Waals surface area contributed by atoms with Gasteiger partial charge in [0.2, 0.25) is 17.7 Å². The van der Waals surface area contributed by atoms with Gasteiger partial charge in [0, 0.05) is 25.5 Å². The Balaban J connectivity index is 1.45. The number of pyridine rings is 1. The molecule has 3 aromatic rings. The van der Waals surface area contributed by atoms with Gasteiger partial charge in [0.1, 0.15) is 18.7 Å².